The molecule has 1 unspecified atom stereocenters. The predicted octanol–water partition coefficient (Wildman–Crippen LogP) is 3.99. The zero-order valence-electron chi connectivity index (χ0n) is 18.9. The first kappa shape index (κ1) is 22.7. The van der Waals surface area contributed by atoms with Crippen LogP contribution in [0.25, 0.3) is 11.0 Å². The molecule has 0 bridgehead atoms. The van der Waals surface area contributed by atoms with E-state index >= 15 is 0 Å². The summed E-state index contributed by atoms with van der Waals surface area (Å²) in [5.74, 6) is 1.67. The minimum absolute atomic E-state index is 0.0521. The molecule has 2 aromatic carbocycles. The number of hydrogen-bond acceptors (Lipinski definition) is 8. The maximum absolute atomic E-state index is 9.15. The van der Waals surface area contributed by atoms with Gasteiger partial charge >= 0.3 is 0 Å². The van der Waals surface area contributed by atoms with Gasteiger partial charge in [0.1, 0.15) is 18.1 Å². The number of aliphatic imine (C=N–C) groups is 1. The third kappa shape index (κ3) is 5.46. The number of benzene rings is 2. The summed E-state index contributed by atoms with van der Waals surface area (Å²) in [4.78, 5) is 15.6. The molecule has 1 heterocycles. The minimum Gasteiger partial charge on any atom is -0.497 e. The van der Waals surface area contributed by atoms with E-state index in [2.05, 4.69) is 14.9 Å². The Morgan fingerprint density at radius 1 is 1.18 bits per heavy atom. The second-order valence-corrected chi connectivity index (χ2v) is 8.06. The van der Waals surface area contributed by atoms with Gasteiger partial charge in [-0.25, -0.2) is 4.98 Å². The molecule has 33 heavy (non-hydrogen) atoms. The van der Waals surface area contributed by atoms with Crippen LogP contribution >= 0.6 is 0 Å². The molecule has 0 radical (unpaired) electrons. The average molecular weight is 448 g/mol. The zero-order valence-corrected chi connectivity index (χ0v) is 18.9. The first-order chi connectivity index (χ1) is 16.1. The molecule has 1 fully saturated rings. The molecule has 1 aliphatic carbocycles. The standard InChI is InChI=1S/C25H29N5O3/c1-27-14-18(13-26)25-15-28-23-6-5-19(11-24(23)29-25)30(16-17-3-4-17)20-9-21(32-2)12-22(10-20)33-8-7-31/h5-6,9-15,17-18,26,31H,3-4,7-8,16H2,1-2H3. The van der Waals surface area contributed by atoms with Gasteiger partial charge in [-0.15, -0.1) is 0 Å². The second kappa shape index (κ2) is 10.4. The largest absolute Gasteiger partial charge is 0.497 e. The number of rotatable bonds is 11. The van der Waals surface area contributed by atoms with Crippen molar-refractivity contribution in [2.75, 3.05) is 38.8 Å². The van der Waals surface area contributed by atoms with Gasteiger partial charge in [-0.3, -0.25) is 9.98 Å². The number of ether oxygens (including phenoxy) is 2. The molecule has 1 aliphatic rings. The molecule has 4 rings (SSSR count). The molecule has 1 atom stereocenters. The second-order valence-electron chi connectivity index (χ2n) is 8.06. The molecular weight excluding hydrogens is 418 g/mol. The van der Waals surface area contributed by atoms with E-state index in [1.54, 1.807) is 26.6 Å². The van der Waals surface area contributed by atoms with Gasteiger partial charge < -0.3 is 24.9 Å². The van der Waals surface area contributed by atoms with E-state index < -0.39 is 0 Å². The van der Waals surface area contributed by atoms with Crippen molar-refractivity contribution in [2.24, 2.45) is 10.9 Å². The van der Waals surface area contributed by atoms with E-state index in [9.17, 15) is 0 Å². The fourth-order valence-corrected chi connectivity index (χ4v) is 3.70. The third-order valence-electron chi connectivity index (χ3n) is 5.60. The normalized spacial score (nSPS) is 14.4. The highest BCUT2D eigenvalue weighted by Gasteiger charge is 2.26. The minimum atomic E-state index is -0.303. The van der Waals surface area contributed by atoms with Crippen molar-refractivity contribution in [3.8, 4) is 11.5 Å². The van der Waals surface area contributed by atoms with Gasteiger partial charge in [0, 0.05) is 55.6 Å². The summed E-state index contributed by atoms with van der Waals surface area (Å²) in [6.45, 7) is 1.04. The Kier molecular flexibility index (Phi) is 7.14. The van der Waals surface area contributed by atoms with Crippen LogP contribution in [0.1, 0.15) is 24.5 Å². The monoisotopic (exact) mass is 447 g/mol. The van der Waals surface area contributed by atoms with Crippen LogP contribution in [-0.2, 0) is 0 Å². The van der Waals surface area contributed by atoms with Crippen LogP contribution in [0.4, 0.5) is 11.4 Å². The fourth-order valence-electron chi connectivity index (χ4n) is 3.70. The summed E-state index contributed by atoms with van der Waals surface area (Å²) < 4.78 is 11.2. The van der Waals surface area contributed by atoms with E-state index in [0.29, 0.717) is 23.1 Å². The molecule has 0 spiro atoms. The number of hydrogen-bond donors (Lipinski definition) is 2. The predicted molar refractivity (Wildman–Crippen MR) is 131 cm³/mol. The van der Waals surface area contributed by atoms with Crippen molar-refractivity contribution in [3.05, 3.63) is 48.3 Å². The van der Waals surface area contributed by atoms with E-state index in [4.69, 9.17) is 25.0 Å². The van der Waals surface area contributed by atoms with Gasteiger partial charge in [0.25, 0.3) is 0 Å². The van der Waals surface area contributed by atoms with Gasteiger partial charge in [0.2, 0.25) is 0 Å². The lowest BCUT2D eigenvalue weighted by atomic mass is 10.1. The van der Waals surface area contributed by atoms with Crippen molar-refractivity contribution in [2.45, 2.75) is 18.8 Å². The smallest absolute Gasteiger partial charge is 0.125 e. The van der Waals surface area contributed by atoms with Crippen molar-refractivity contribution >= 4 is 34.8 Å². The Balaban J connectivity index is 1.75. The van der Waals surface area contributed by atoms with Crippen molar-refractivity contribution in [3.63, 3.8) is 0 Å². The molecule has 172 valence electrons. The lowest BCUT2D eigenvalue weighted by Gasteiger charge is -2.26. The summed E-state index contributed by atoms with van der Waals surface area (Å²) in [7, 11) is 3.32. The Labute approximate surface area is 193 Å². The summed E-state index contributed by atoms with van der Waals surface area (Å²) in [6.07, 6.45) is 7.13. The lowest BCUT2D eigenvalue weighted by Crippen LogP contribution is -2.20. The number of aromatic nitrogens is 2. The van der Waals surface area contributed by atoms with Crippen LogP contribution in [0.15, 0.2) is 47.6 Å². The molecule has 1 aromatic heterocycles. The Morgan fingerprint density at radius 3 is 2.70 bits per heavy atom. The van der Waals surface area contributed by atoms with Crippen LogP contribution < -0.4 is 14.4 Å². The number of aliphatic hydroxyl groups is 1. The van der Waals surface area contributed by atoms with Gasteiger partial charge in [0.15, 0.2) is 0 Å². The summed E-state index contributed by atoms with van der Waals surface area (Å²) in [5.41, 5.74) is 4.20. The summed E-state index contributed by atoms with van der Waals surface area (Å²) in [5, 5.41) is 16.8. The molecule has 8 heteroatoms. The molecule has 1 saturated carbocycles. The zero-order chi connectivity index (χ0) is 23.2. The number of fused-ring (bicyclic) bond motifs is 1. The highest BCUT2D eigenvalue weighted by Crippen LogP contribution is 2.38. The molecule has 0 amide bonds. The van der Waals surface area contributed by atoms with Crippen LogP contribution in [0.2, 0.25) is 0 Å². The van der Waals surface area contributed by atoms with Crippen LogP contribution in [-0.4, -0.2) is 61.4 Å². The highest BCUT2D eigenvalue weighted by atomic mass is 16.5. The number of aliphatic hydroxyl groups excluding tert-OH is 1. The quantitative estimate of drug-likeness (QED) is 0.431. The Bertz CT molecular complexity index is 1150. The Morgan fingerprint density at radius 2 is 2.00 bits per heavy atom. The molecule has 0 saturated heterocycles. The molecule has 8 nitrogen and oxygen atoms in total. The SMILES string of the molecule is CN=CC(C=N)c1cnc2ccc(N(CC3CC3)c3cc(OC)cc(OCCO)c3)cc2n1. The number of nitrogens with zero attached hydrogens (tertiary/aromatic N) is 4. The van der Waals surface area contributed by atoms with Crippen molar-refractivity contribution < 1.29 is 14.6 Å². The summed E-state index contributed by atoms with van der Waals surface area (Å²) >= 11 is 0. The third-order valence-corrected chi connectivity index (χ3v) is 5.60. The molecular formula is C25H29N5O3. The highest BCUT2D eigenvalue weighted by molar-refractivity contribution is 5.89. The first-order valence-electron chi connectivity index (χ1n) is 11.0. The average Bonchev–Trinajstić information content (AvgIpc) is 3.68. The van der Waals surface area contributed by atoms with Gasteiger partial charge in [-0.1, -0.05) is 0 Å². The van der Waals surface area contributed by atoms with E-state index in [-0.39, 0.29) is 19.1 Å². The van der Waals surface area contributed by atoms with Crippen molar-refractivity contribution in [1.82, 2.24) is 9.97 Å². The van der Waals surface area contributed by atoms with E-state index in [0.717, 1.165) is 29.0 Å². The molecule has 2 N–H and O–H groups in total. The molecule has 3 aromatic rings. The first-order valence-corrected chi connectivity index (χ1v) is 11.0. The van der Waals surface area contributed by atoms with Gasteiger partial charge in [-0.2, -0.15) is 0 Å². The lowest BCUT2D eigenvalue weighted by molar-refractivity contribution is 0.201. The molecule has 0 aliphatic heterocycles. The van der Waals surface area contributed by atoms with Crippen molar-refractivity contribution in [1.29, 1.82) is 5.41 Å². The van der Waals surface area contributed by atoms with Crippen LogP contribution in [0.5, 0.6) is 11.5 Å². The van der Waals surface area contributed by atoms with E-state index in [1.165, 1.54) is 19.1 Å². The summed E-state index contributed by atoms with van der Waals surface area (Å²) in [6, 6.07) is 11.8. The number of anilines is 2. The van der Waals surface area contributed by atoms with E-state index in [1.807, 2.05) is 36.4 Å². The number of nitrogens with one attached hydrogen (secondary N) is 1. The van der Waals surface area contributed by atoms with Crippen LogP contribution in [0.3, 0.4) is 0 Å². The maximum Gasteiger partial charge on any atom is 0.125 e. The van der Waals surface area contributed by atoms with Gasteiger partial charge in [0.05, 0.1) is 42.6 Å². The van der Waals surface area contributed by atoms with Gasteiger partial charge in [-0.05, 0) is 37.0 Å². The fraction of sp³-hybridized carbons (Fsp3) is 0.360. The maximum atomic E-state index is 9.15. The topological polar surface area (TPSA) is 104 Å². The number of methoxy groups -OCH3 is 1. The Hall–Kier alpha value is -3.52. The van der Waals surface area contributed by atoms with Crippen LogP contribution in [0, 0.1) is 11.3 Å².